The first kappa shape index (κ1) is 11.1. The van der Waals surface area contributed by atoms with Crippen LogP contribution in [-0.4, -0.2) is 42.9 Å². The number of hydrogen-bond donors (Lipinski definition) is 1. The smallest absolute Gasteiger partial charge is 0.255 e. The Morgan fingerprint density at radius 1 is 1.38 bits per heavy atom. The Morgan fingerprint density at radius 2 is 2.06 bits per heavy atom. The summed E-state index contributed by atoms with van der Waals surface area (Å²) in [4.78, 5) is 15.8. The molecule has 0 saturated heterocycles. The summed E-state index contributed by atoms with van der Waals surface area (Å²) >= 11 is 0. The van der Waals surface area contributed by atoms with E-state index in [0.717, 1.165) is 17.7 Å². The number of amides is 1. The molecule has 2 N–H and O–H groups in total. The third-order valence-corrected chi connectivity index (χ3v) is 2.89. The van der Waals surface area contributed by atoms with Crippen molar-refractivity contribution >= 4 is 5.91 Å². The van der Waals surface area contributed by atoms with Crippen molar-refractivity contribution in [1.82, 2.24) is 9.80 Å². The van der Waals surface area contributed by atoms with Crippen LogP contribution in [0.15, 0.2) is 24.3 Å². The van der Waals surface area contributed by atoms with E-state index < -0.39 is 0 Å². The van der Waals surface area contributed by atoms with Crippen LogP contribution in [0.4, 0.5) is 0 Å². The number of likely N-dealkylation sites (N-methyl/N-ethyl adjacent to an activating group) is 1. The summed E-state index contributed by atoms with van der Waals surface area (Å²) in [6.07, 6.45) is -0.288. The monoisotopic (exact) mass is 219 g/mol. The lowest BCUT2D eigenvalue weighted by Gasteiger charge is -2.23. The fraction of sp³-hybridized carbons (Fsp3) is 0.417. The maximum absolute atomic E-state index is 12.0. The van der Waals surface area contributed by atoms with Crippen LogP contribution in [0.2, 0.25) is 0 Å². The number of hydrogen-bond acceptors (Lipinski definition) is 3. The highest BCUT2D eigenvalue weighted by Crippen LogP contribution is 2.28. The molecule has 0 saturated carbocycles. The molecular formula is C12H17N3O. The maximum Gasteiger partial charge on any atom is 0.255 e. The summed E-state index contributed by atoms with van der Waals surface area (Å²) in [6, 6.07) is 7.56. The molecule has 0 aliphatic carbocycles. The molecule has 1 atom stereocenters. The normalized spacial score (nSPS) is 19.4. The van der Waals surface area contributed by atoms with Gasteiger partial charge >= 0.3 is 0 Å². The average molecular weight is 219 g/mol. The minimum Gasteiger partial charge on any atom is -0.318 e. The van der Waals surface area contributed by atoms with Crippen LogP contribution in [-0.2, 0) is 0 Å². The van der Waals surface area contributed by atoms with Gasteiger partial charge in [-0.05, 0) is 20.2 Å². The van der Waals surface area contributed by atoms with Crippen molar-refractivity contribution in [1.29, 1.82) is 0 Å². The molecule has 1 unspecified atom stereocenters. The van der Waals surface area contributed by atoms with Gasteiger partial charge in [0.1, 0.15) is 6.17 Å². The van der Waals surface area contributed by atoms with Crippen molar-refractivity contribution in [2.45, 2.75) is 6.17 Å². The van der Waals surface area contributed by atoms with Crippen LogP contribution in [0.5, 0.6) is 0 Å². The standard InChI is InChI=1S/C12H17N3O/c1-14(2)7-8-15-11(13)9-5-3-4-6-10(9)12(15)16/h3-6,11H,7-8,13H2,1-2H3. The second kappa shape index (κ2) is 4.23. The van der Waals surface area contributed by atoms with E-state index in [9.17, 15) is 4.79 Å². The van der Waals surface area contributed by atoms with Gasteiger partial charge in [-0.3, -0.25) is 4.79 Å². The van der Waals surface area contributed by atoms with Crippen molar-refractivity contribution in [2.75, 3.05) is 27.2 Å². The zero-order chi connectivity index (χ0) is 11.7. The van der Waals surface area contributed by atoms with Crippen LogP contribution in [0, 0.1) is 0 Å². The van der Waals surface area contributed by atoms with E-state index in [1.165, 1.54) is 0 Å². The van der Waals surface area contributed by atoms with Gasteiger partial charge in [0.15, 0.2) is 0 Å². The summed E-state index contributed by atoms with van der Waals surface area (Å²) < 4.78 is 0. The largest absolute Gasteiger partial charge is 0.318 e. The molecule has 0 bridgehead atoms. The summed E-state index contributed by atoms with van der Waals surface area (Å²) in [5.74, 6) is 0.0463. The minimum absolute atomic E-state index is 0.0463. The number of nitrogens with zero attached hydrogens (tertiary/aromatic N) is 2. The van der Waals surface area contributed by atoms with E-state index in [2.05, 4.69) is 0 Å². The van der Waals surface area contributed by atoms with E-state index in [1.807, 2.05) is 43.3 Å². The maximum atomic E-state index is 12.0. The highest BCUT2D eigenvalue weighted by Gasteiger charge is 2.33. The van der Waals surface area contributed by atoms with Crippen LogP contribution in [0.25, 0.3) is 0 Å². The van der Waals surface area contributed by atoms with E-state index >= 15 is 0 Å². The van der Waals surface area contributed by atoms with E-state index in [4.69, 9.17) is 5.73 Å². The topological polar surface area (TPSA) is 49.6 Å². The van der Waals surface area contributed by atoms with Crippen LogP contribution in [0.1, 0.15) is 22.1 Å². The average Bonchev–Trinajstić information content (AvgIpc) is 2.50. The molecule has 4 heteroatoms. The molecule has 1 heterocycles. The molecule has 86 valence electrons. The summed E-state index contributed by atoms with van der Waals surface area (Å²) in [5.41, 5.74) is 7.73. The quantitative estimate of drug-likeness (QED) is 0.812. The lowest BCUT2D eigenvalue weighted by molar-refractivity contribution is 0.0716. The lowest BCUT2D eigenvalue weighted by atomic mass is 10.1. The third-order valence-electron chi connectivity index (χ3n) is 2.89. The summed E-state index contributed by atoms with van der Waals surface area (Å²) in [6.45, 7) is 1.50. The van der Waals surface area contributed by atoms with Crippen molar-refractivity contribution in [2.24, 2.45) is 5.73 Å². The molecule has 0 fully saturated rings. The second-order valence-corrected chi connectivity index (χ2v) is 4.33. The van der Waals surface area contributed by atoms with Crippen LogP contribution in [0.3, 0.4) is 0 Å². The van der Waals surface area contributed by atoms with E-state index in [0.29, 0.717) is 6.54 Å². The molecule has 1 aromatic carbocycles. The number of benzene rings is 1. The predicted molar refractivity (Wildman–Crippen MR) is 63.0 cm³/mol. The Hall–Kier alpha value is -1.39. The summed E-state index contributed by atoms with van der Waals surface area (Å²) in [5, 5.41) is 0. The molecule has 1 aliphatic rings. The molecule has 2 rings (SSSR count). The zero-order valence-corrected chi connectivity index (χ0v) is 9.68. The fourth-order valence-electron chi connectivity index (χ4n) is 1.95. The molecule has 0 spiro atoms. The highest BCUT2D eigenvalue weighted by molar-refractivity contribution is 5.99. The summed E-state index contributed by atoms with van der Waals surface area (Å²) in [7, 11) is 3.97. The van der Waals surface area contributed by atoms with Crippen LogP contribution >= 0.6 is 0 Å². The molecule has 0 aromatic heterocycles. The first-order valence-corrected chi connectivity index (χ1v) is 5.41. The highest BCUT2D eigenvalue weighted by atomic mass is 16.2. The molecule has 4 nitrogen and oxygen atoms in total. The number of carbonyl (C=O) groups is 1. The van der Waals surface area contributed by atoms with Crippen molar-refractivity contribution < 1.29 is 4.79 Å². The SMILES string of the molecule is CN(C)CCN1C(=O)c2ccccc2C1N. The van der Waals surface area contributed by atoms with Gasteiger partial charge in [-0.25, -0.2) is 0 Å². The van der Waals surface area contributed by atoms with E-state index in [1.54, 1.807) is 4.90 Å². The zero-order valence-electron chi connectivity index (χ0n) is 9.68. The molecule has 16 heavy (non-hydrogen) atoms. The second-order valence-electron chi connectivity index (χ2n) is 4.33. The van der Waals surface area contributed by atoms with E-state index in [-0.39, 0.29) is 12.1 Å². The van der Waals surface area contributed by atoms with Crippen LogP contribution < -0.4 is 5.73 Å². The Morgan fingerprint density at radius 3 is 2.69 bits per heavy atom. The van der Waals surface area contributed by atoms with Gasteiger partial charge in [-0.1, -0.05) is 18.2 Å². The van der Waals surface area contributed by atoms with Crippen molar-refractivity contribution in [3.8, 4) is 0 Å². The molecule has 1 aliphatic heterocycles. The molecular weight excluding hydrogens is 202 g/mol. The number of carbonyl (C=O) groups excluding carboxylic acids is 1. The first-order valence-electron chi connectivity index (χ1n) is 5.41. The Labute approximate surface area is 95.6 Å². The van der Waals surface area contributed by atoms with Crippen molar-refractivity contribution in [3.63, 3.8) is 0 Å². The number of rotatable bonds is 3. The minimum atomic E-state index is -0.288. The predicted octanol–water partition coefficient (Wildman–Crippen LogP) is 0.661. The fourth-order valence-corrected chi connectivity index (χ4v) is 1.95. The molecule has 0 radical (unpaired) electrons. The molecule has 1 amide bonds. The Kier molecular flexibility index (Phi) is 2.94. The van der Waals surface area contributed by atoms with Gasteiger partial charge in [0.2, 0.25) is 0 Å². The number of nitrogens with two attached hydrogens (primary N) is 1. The van der Waals surface area contributed by atoms with Gasteiger partial charge in [0, 0.05) is 24.2 Å². The Bertz CT molecular complexity index is 403. The lowest BCUT2D eigenvalue weighted by Crippen LogP contribution is -2.37. The first-order chi connectivity index (χ1) is 7.61. The van der Waals surface area contributed by atoms with Gasteiger partial charge < -0.3 is 15.5 Å². The van der Waals surface area contributed by atoms with Gasteiger partial charge in [0.25, 0.3) is 5.91 Å². The molecule has 1 aromatic rings. The third kappa shape index (κ3) is 1.81. The van der Waals surface area contributed by atoms with Crippen molar-refractivity contribution in [3.05, 3.63) is 35.4 Å². The Balaban J connectivity index is 2.18. The van der Waals surface area contributed by atoms with Gasteiger partial charge in [-0.2, -0.15) is 0 Å². The van der Waals surface area contributed by atoms with Gasteiger partial charge in [0.05, 0.1) is 0 Å². The van der Waals surface area contributed by atoms with Gasteiger partial charge in [-0.15, -0.1) is 0 Å². The number of fused-ring (bicyclic) bond motifs is 1.